The molecule has 4 aliphatic rings. The first-order valence-corrected chi connectivity index (χ1v) is 12.4. The molecule has 4 saturated carbocycles. The van der Waals surface area contributed by atoms with Crippen LogP contribution in [-0.4, -0.2) is 12.6 Å². The molecule has 0 atom stereocenters. The van der Waals surface area contributed by atoms with E-state index >= 15 is 0 Å². The number of halogens is 2. The Morgan fingerprint density at radius 2 is 1.61 bits per heavy atom. The van der Waals surface area contributed by atoms with Gasteiger partial charge in [-0.2, -0.15) is 0 Å². The third-order valence-corrected chi connectivity index (χ3v) is 8.25. The Hall–Kier alpha value is -1.59. The molecule has 1 N–H and O–H groups in total. The summed E-state index contributed by atoms with van der Waals surface area (Å²) in [4.78, 5) is 0. The van der Waals surface area contributed by atoms with Crippen molar-refractivity contribution in [2.24, 2.45) is 23.7 Å². The fraction of sp³-hybridized carbons (Fsp3) is 0.538. The zero-order valence-corrected chi connectivity index (χ0v) is 19.7. The van der Waals surface area contributed by atoms with Gasteiger partial charge in [0.05, 0.1) is 6.61 Å². The van der Waals surface area contributed by atoms with Crippen molar-refractivity contribution in [3.8, 4) is 11.5 Å². The van der Waals surface area contributed by atoms with E-state index in [1.807, 2.05) is 19.1 Å². The Morgan fingerprint density at radius 1 is 0.935 bits per heavy atom. The van der Waals surface area contributed by atoms with Crippen molar-refractivity contribution in [3.63, 3.8) is 0 Å². The summed E-state index contributed by atoms with van der Waals surface area (Å²) in [6.07, 6.45) is 7.15. The zero-order valence-electron chi connectivity index (χ0n) is 18.1. The fourth-order valence-corrected chi connectivity index (χ4v) is 6.81. The van der Waals surface area contributed by atoms with Gasteiger partial charge < -0.3 is 14.8 Å². The second-order valence-corrected chi connectivity index (χ2v) is 10.4. The molecule has 6 rings (SSSR count). The monoisotopic (exact) mass is 487 g/mol. The number of rotatable bonds is 8. The van der Waals surface area contributed by atoms with Crippen molar-refractivity contribution < 1.29 is 13.9 Å². The second-order valence-electron chi connectivity index (χ2n) is 9.54. The molecule has 0 aromatic heterocycles. The van der Waals surface area contributed by atoms with Gasteiger partial charge in [-0.25, -0.2) is 4.39 Å². The maximum Gasteiger partial charge on any atom is 0.162 e. The highest BCUT2D eigenvalue weighted by atomic mass is 79.9. The Kier molecular flexibility index (Phi) is 6.25. The van der Waals surface area contributed by atoms with Gasteiger partial charge in [-0.05, 0) is 86.5 Å². The van der Waals surface area contributed by atoms with Crippen molar-refractivity contribution in [2.75, 3.05) is 6.61 Å². The Bertz CT molecular complexity index is 906. The summed E-state index contributed by atoms with van der Waals surface area (Å²) < 4.78 is 26.8. The highest BCUT2D eigenvalue weighted by Crippen LogP contribution is 2.53. The summed E-state index contributed by atoms with van der Waals surface area (Å²) in [5.41, 5.74) is 1.71. The number of hydrogen-bond acceptors (Lipinski definition) is 3. The van der Waals surface area contributed by atoms with Gasteiger partial charge in [0.15, 0.2) is 11.5 Å². The lowest BCUT2D eigenvalue weighted by Gasteiger charge is -2.54. The maximum atomic E-state index is 14.0. The lowest BCUT2D eigenvalue weighted by atomic mass is 9.54. The average molecular weight is 488 g/mol. The van der Waals surface area contributed by atoms with E-state index in [0.29, 0.717) is 29.7 Å². The van der Waals surface area contributed by atoms with Gasteiger partial charge in [-0.1, -0.05) is 34.1 Å². The normalized spacial score (nSPS) is 28.7. The Balaban J connectivity index is 1.28. The van der Waals surface area contributed by atoms with Crippen molar-refractivity contribution in [1.82, 2.24) is 5.32 Å². The van der Waals surface area contributed by atoms with Crippen molar-refractivity contribution >= 4 is 15.9 Å². The molecular weight excluding hydrogens is 457 g/mol. The second kappa shape index (κ2) is 9.11. The van der Waals surface area contributed by atoms with Crippen LogP contribution in [0.25, 0.3) is 0 Å². The Morgan fingerprint density at radius 3 is 2.29 bits per heavy atom. The molecule has 0 unspecified atom stereocenters. The van der Waals surface area contributed by atoms with Crippen LogP contribution in [0.3, 0.4) is 0 Å². The molecule has 166 valence electrons. The predicted octanol–water partition coefficient (Wildman–Crippen LogP) is 6.48. The van der Waals surface area contributed by atoms with Crippen LogP contribution < -0.4 is 14.8 Å². The molecule has 0 spiro atoms. The van der Waals surface area contributed by atoms with Gasteiger partial charge in [0.25, 0.3) is 0 Å². The van der Waals surface area contributed by atoms with Crippen molar-refractivity contribution in [1.29, 1.82) is 0 Å². The fourth-order valence-electron chi connectivity index (χ4n) is 6.35. The molecule has 4 bridgehead atoms. The number of benzene rings is 2. The lowest BCUT2D eigenvalue weighted by molar-refractivity contribution is -0.0142. The van der Waals surface area contributed by atoms with E-state index in [0.717, 1.165) is 34.7 Å². The largest absolute Gasteiger partial charge is 0.490 e. The minimum Gasteiger partial charge on any atom is -0.490 e. The quantitative estimate of drug-likeness (QED) is 0.462. The molecule has 0 radical (unpaired) electrons. The molecule has 31 heavy (non-hydrogen) atoms. The molecule has 0 heterocycles. The van der Waals surface area contributed by atoms with Crippen LogP contribution in [-0.2, 0) is 13.2 Å². The van der Waals surface area contributed by atoms with Crippen molar-refractivity contribution in [2.45, 2.75) is 58.2 Å². The van der Waals surface area contributed by atoms with Gasteiger partial charge in [0.1, 0.15) is 12.4 Å². The van der Waals surface area contributed by atoms with E-state index < -0.39 is 0 Å². The summed E-state index contributed by atoms with van der Waals surface area (Å²) in [5.74, 6) is 4.77. The summed E-state index contributed by atoms with van der Waals surface area (Å²) >= 11 is 3.73. The summed E-state index contributed by atoms with van der Waals surface area (Å²) in [6, 6.07) is 11.4. The van der Waals surface area contributed by atoms with Crippen LogP contribution in [0.15, 0.2) is 40.9 Å². The number of nitrogens with one attached hydrogen (secondary N) is 1. The lowest BCUT2D eigenvalue weighted by Crippen LogP contribution is -2.54. The smallest absolute Gasteiger partial charge is 0.162 e. The maximum absolute atomic E-state index is 14.0. The van der Waals surface area contributed by atoms with Gasteiger partial charge in [-0.3, -0.25) is 0 Å². The molecule has 4 aliphatic carbocycles. The molecule has 2 aromatic carbocycles. The molecule has 4 fully saturated rings. The highest BCUT2D eigenvalue weighted by molar-refractivity contribution is 9.10. The molecule has 0 saturated heterocycles. The predicted molar refractivity (Wildman–Crippen MR) is 124 cm³/mol. The molecule has 5 heteroatoms. The summed E-state index contributed by atoms with van der Waals surface area (Å²) in [6.45, 7) is 3.51. The SMILES string of the molecule is CCOc1cc(CNC2C3CC4CC(C3)CC2C4)c(Br)cc1OCc1ccccc1F. The van der Waals surface area contributed by atoms with E-state index in [1.54, 1.807) is 12.1 Å². The highest BCUT2D eigenvalue weighted by Gasteiger charge is 2.47. The first kappa shape index (κ1) is 21.3. The van der Waals surface area contributed by atoms with Crippen LogP contribution in [0.5, 0.6) is 11.5 Å². The summed E-state index contributed by atoms with van der Waals surface area (Å²) in [7, 11) is 0. The van der Waals surface area contributed by atoms with Gasteiger partial charge >= 0.3 is 0 Å². The van der Waals surface area contributed by atoms with Crippen molar-refractivity contribution in [3.05, 3.63) is 57.8 Å². The van der Waals surface area contributed by atoms with Crippen LogP contribution in [0.1, 0.15) is 50.2 Å². The first-order chi connectivity index (χ1) is 15.1. The van der Waals surface area contributed by atoms with Crippen LogP contribution in [0.2, 0.25) is 0 Å². The number of ether oxygens (including phenoxy) is 2. The van der Waals surface area contributed by atoms with E-state index in [4.69, 9.17) is 9.47 Å². The average Bonchev–Trinajstić information content (AvgIpc) is 2.74. The van der Waals surface area contributed by atoms with E-state index in [2.05, 4.69) is 27.3 Å². The van der Waals surface area contributed by atoms with Gasteiger partial charge in [0, 0.05) is 22.6 Å². The third kappa shape index (κ3) is 4.49. The summed E-state index contributed by atoms with van der Waals surface area (Å²) in [5, 5.41) is 3.90. The van der Waals surface area contributed by atoms with E-state index in [1.165, 1.54) is 43.7 Å². The minimum atomic E-state index is -0.254. The van der Waals surface area contributed by atoms with Crippen LogP contribution in [0, 0.1) is 29.5 Å². The molecule has 0 amide bonds. The molecule has 0 aliphatic heterocycles. The molecule has 3 nitrogen and oxygen atoms in total. The molecule has 2 aromatic rings. The topological polar surface area (TPSA) is 30.5 Å². The van der Waals surface area contributed by atoms with E-state index in [-0.39, 0.29) is 12.4 Å². The third-order valence-electron chi connectivity index (χ3n) is 7.51. The van der Waals surface area contributed by atoms with Gasteiger partial charge in [0.2, 0.25) is 0 Å². The van der Waals surface area contributed by atoms with Crippen LogP contribution in [0.4, 0.5) is 4.39 Å². The Labute approximate surface area is 192 Å². The van der Waals surface area contributed by atoms with Gasteiger partial charge in [-0.15, -0.1) is 0 Å². The zero-order chi connectivity index (χ0) is 21.4. The standard InChI is InChI=1S/C26H31BrFNO2/c1-2-30-24-12-21(14-29-26-19-8-16-7-17(10-19)11-20(26)9-16)22(27)13-25(24)31-15-18-5-3-4-6-23(18)28/h3-6,12-13,16-17,19-20,26,29H,2,7-11,14-15H2,1H3. The van der Waals surface area contributed by atoms with E-state index in [9.17, 15) is 4.39 Å². The first-order valence-electron chi connectivity index (χ1n) is 11.7. The number of hydrogen-bond donors (Lipinski definition) is 1. The molecular formula is C26H31BrFNO2. The van der Waals surface area contributed by atoms with Crippen LogP contribution >= 0.6 is 15.9 Å². The minimum absolute atomic E-state index is 0.171.